The van der Waals surface area contributed by atoms with Crippen molar-refractivity contribution >= 4 is 23.4 Å². The molecule has 1 atom stereocenters. The van der Waals surface area contributed by atoms with Gasteiger partial charge in [0.2, 0.25) is 11.8 Å². The number of rotatable bonds is 6. The minimum absolute atomic E-state index is 0.0125. The van der Waals surface area contributed by atoms with Gasteiger partial charge in [0.25, 0.3) is 5.91 Å². The van der Waals surface area contributed by atoms with Gasteiger partial charge in [-0.2, -0.15) is 0 Å². The van der Waals surface area contributed by atoms with Crippen LogP contribution in [0.1, 0.15) is 32.6 Å². The first kappa shape index (κ1) is 19.2. The molecule has 146 valence electrons. The average Bonchev–Trinajstić information content (AvgIpc) is 3.09. The van der Waals surface area contributed by atoms with Gasteiger partial charge in [0.05, 0.1) is 5.92 Å². The molecule has 1 aromatic carbocycles. The van der Waals surface area contributed by atoms with E-state index in [9.17, 15) is 14.4 Å². The molecule has 2 fully saturated rings. The van der Waals surface area contributed by atoms with Crippen LogP contribution in [-0.4, -0.2) is 60.3 Å². The van der Waals surface area contributed by atoms with E-state index in [2.05, 4.69) is 5.32 Å². The molecule has 0 unspecified atom stereocenters. The van der Waals surface area contributed by atoms with Crippen molar-refractivity contribution < 1.29 is 19.1 Å². The highest BCUT2D eigenvalue weighted by atomic mass is 16.5. The summed E-state index contributed by atoms with van der Waals surface area (Å²) >= 11 is 0. The summed E-state index contributed by atoms with van der Waals surface area (Å²) in [5.41, 5.74) is 0.650. The zero-order valence-electron chi connectivity index (χ0n) is 15.8. The zero-order chi connectivity index (χ0) is 19.2. The molecule has 0 spiro atoms. The number of anilines is 1. The standard InChI is InChI=1S/C20H27N3O4/c1-2-22-13-15(12-18(22)24)20(26)21-16-6-8-17(9-7-16)27-14-19(25)23-10-4-3-5-11-23/h6-9,15H,2-5,10-14H2,1H3,(H,21,26)/t15-/m0/s1. The molecular formula is C20H27N3O4. The van der Waals surface area contributed by atoms with Crippen LogP contribution in [0.5, 0.6) is 5.75 Å². The topological polar surface area (TPSA) is 79.0 Å². The van der Waals surface area contributed by atoms with Crippen LogP contribution in [0.4, 0.5) is 5.69 Å². The molecule has 2 heterocycles. The summed E-state index contributed by atoms with van der Waals surface area (Å²) in [5, 5.41) is 2.84. The van der Waals surface area contributed by atoms with Crippen molar-refractivity contribution in [3.05, 3.63) is 24.3 Å². The molecule has 2 saturated heterocycles. The number of hydrogen-bond donors (Lipinski definition) is 1. The second-order valence-corrected chi connectivity index (χ2v) is 7.08. The van der Waals surface area contributed by atoms with Gasteiger partial charge in [-0.1, -0.05) is 0 Å². The quantitative estimate of drug-likeness (QED) is 0.826. The molecule has 3 amide bonds. The van der Waals surface area contributed by atoms with Crippen LogP contribution in [-0.2, 0) is 14.4 Å². The Kier molecular flexibility index (Phi) is 6.32. The number of carbonyl (C=O) groups is 3. The Morgan fingerprint density at radius 1 is 1.15 bits per heavy atom. The minimum atomic E-state index is -0.310. The third-order valence-corrected chi connectivity index (χ3v) is 5.16. The van der Waals surface area contributed by atoms with Gasteiger partial charge >= 0.3 is 0 Å². The summed E-state index contributed by atoms with van der Waals surface area (Å²) in [7, 11) is 0. The summed E-state index contributed by atoms with van der Waals surface area (Å²) < 4.78 is 5.57. The smallest absolute Gasteiger partial charge is 0.260 e. The van der Waals surface area contributed by atoms with Gasteiger partial charge in [0.1, 0.15) is 5.75 Å². The fourth-order valence-corrected chi connectivity index (χ4v) is 3.51. The number of nitrogens with zero attached hydrogens (tertiary/aromatic N) is 2. The lowest BCUT2D eigenvalue weighted by atomic mass is 10.1. The largest absolute Gasteiger partial charge is 0.484 e. The van der Waals surface area contributed by atoms with Crippen LogP contribution in [0, 0.1) is 5.92 Å². The maximum Gasteiger partial charge on any atom is 0.260 e. The number of nitrogens with one attached hydrogen (secondary N) is 1. The lowest BCUT2D eigenvalue weighted by Crippen LogP contribution is -2.38. The lowest BCUT2D eigenvalue weighted by molar-refractivity contribution is -0.134. The second-order valence-electron chi connectivity index (χ2n) is 7.08. The molecule has 7 heteroatoms. The monoisotopic (exact) mass is 373 g/mol. The van der Waals surface area contributed by atoms with E-state index in [0.717, 1.165) is 25.9 Å². The number of piperidine rings is 1. The minimum Gasteiger partial charge on any atom is -0.484 e. The predicted octanol–water partition coefficient (Wildman–Crippen LogP) is 1.88. The van der Waals surface area contributed by atoms with Crippen molar-refractivity contribution in [1.82, 2.24) is 9.80 Å². The van der Waals surface area contributed by atoms with Crippen molar-refractivity contribution in [2.45, 2.75) is 32.6 Å². The number of hydrogen-bond acceptors (Lipinski definition) is 4. The summed E-state index contributed by atoms with van der Waals surface area (Å²) in [6.45, 7) is 4.67. The molecule has 0 aromatic heterocycles. The van der Waals surface area contributed by atoms with E-state index in [0.29, 0.717) is 24.5 Å². The summed E-state index contributed by atoms with van der Waals surface area (Å²) in [6, 6.07) is 6.95. The first-order chi connectivity index (χ1) is 13.1. The van der Waals surface area contributed by atoms with E-state index in [1.807, 2.05) is 11.8 Å². The molecule has 7 nitrogen and oxygen atoms in total. The van der Waals surface area contributed by atoms with E-state index >= 15 is 0 Å². The van der Waals surface area contributed by atoms with Crippen LogP contribution in [0.25, 0.3) is 0 Å². The van der Waals surface area contributed by atoms with E-state index in [1.165, 1.54) is 6.42 Å². The summed E-state index contributed by atoms with van der Waals surface area (Å²) in [4.78, 5) is 39.7. The number of likely N-dealkylation sites (tertiary alicyclic amines) is 2. The Bertz CT molecular complexity index is 683. The molecule has 27 heavy (non-hydrogen) atoms. The van der Waals surface area contributed by atoms with E-state index in [1.54, 1.807) is 29.2 Å². The van der Waals surface area contributed by atoms with Gasteiger partial charge in [-0.25, -0.2) is 0 Å². The molecule has 2 aliphatic rings. The Balaban J connectivity index is 1.46. The molecule has 0 saturated carbocycles. The van der Waals surface area contributed by atoms with Gasteiger partial charge in [-0.05, 0) is 50.5 Å². The molecular weight excluding hydrogens is 346 g/mol. The van der Waals surface area contributed by atoms with Crippen molar-refractivity contribution in [2.24, 2.45) is 5.92 Å². The summed E-state index contributed by atoms with van der Waals surface area (Å²) in [6.07, 6.45) is 3.56. The van der Waals surface area contributed by atoms with Gasteiger partial charge < -0.3 is 19.9 Å². The van der Waals surface area contributed by atoms with Crippen molar-refractivity contribution in [3.8, 4) is 5.75 Å². The summed E-state index contributed by atoms with van der Waals surface area (Å²) in [5.74, 6) is 0.175. The van der Waals surface area contributed by atoms with E-state index in [-0.39, 0.29) is 36.7 Å². The molecule has 1 aromatic rings. The molecule has 2 aliphatic heterocycles. The second kappa shape index (κ2) is 8.88. The number of ether oxygens (including phenoxy) is 1. The predicted molar refractivity (Wildman–Crippen MR) is 101 cm³/mol. The normalized spacial score (nSPS) is 19.9. The SMILES string of the molecule is CCN1C[C@@H](C(=O)Nc2ccc(OCC(=O)N3CCCCC3)cc2)CC1=O. The Morgan fingerprint density at radius 3 is 2.48 bits per heavy atom. The molecule has 0 radical (unpaired) electrons. The maximum atomic E-state index is 12.3. The number of carbonyl (C=O) groups excluding carboxylic acids is 3. The highest BCUT2D eigenvalue weighted by molar-refractivity contribution is 5.97. The molecule has 1 N–H and O–H groups in total. The first-order valence-corrected chi connectivity index (χ1v) is 9.66. The van der Waals surface area contributed by atoms with Crippen LogP contribution in [0.3, 0.4) is 0 Å². The molecule has 0 aliphatic carbocycles. The third-order valence-electron chi connectivity index (χ3n) is 5.16. The Hall–Kier alpha value is -2.57. The maximum absolute atomic E-state index is 12.3. The van der Waals surface area contributed by atoms with Gasteiger partial charge in [0.15, 0.2) is 6.61 Å². The van der Waals surface area contributed by atoms with Crippen LogP contribution in [0.2, 0.25) is 0 Å². The van der Waals surface area contributed by atoms with Gasteiger partial charge in [0, 0.05) is 38.3 Å². The first-order valence-electron chi connectivity index (χ1n) is 9.66. The van der Waals surface area contributed by atoms with Gasteiger partial charge in [-0.15, -0.1) is 0 Å². The lowest BCUT2D eigenvalue weighted by Gasteiger charge is -2.26. The Labute approximate surface area is 159 Å². The van der Waals surface area contributed by atoms with Crippen LogP contribution < -0.4 is 10.1 Å². The van der Waals surface area contributed by atoms with Crippen LogP contribution in [0.15, 0.2) is 24.3 Å². The van der Waals surface area contributed by atoms with Gasteiger partial charge in [-0.3, -0.25) is 14.4 Å². The van der Waals surface area contributed by atoms with Crippen LogP contribution >= 0.6 is 0 Å². The van der Waals surface area contributed by atoms with E-state index < -0.39 is 0 Å². The number of benzene rings is 1. The van der Waals surface area contributed by atoms with Crippen molar-refractivity contribution in [1.29, 1.82) is 0 Å². The highest BCUT2D eigenvalue weighted by Crippen LogP contribution is 2.21. The Morgan fingerprint density at radius 2 is 1.85 bits per heavy atom. The van der Waals surface area contributed by atoms with Crippen molar-refractivity contribution in [2.75, 3.05) is 38.1 Å². The fourth-order valence-electron chi connectivity index (χ4n) is 3.51. The molecule has 0 bridgehead atoms. The highest BCUT2D eigenvalue weighted by Gasteiger charge is 2.33. The zero-order valence-corrected chi connectivity index (χ0v) is 15.8. The van der Waals surface area contributed by atoms with E-state index in [4.69, 9.17) is 4.74 Å². The third kappa shape index (κ3) is 4.99. The van der Waals surface area contributed by atoms with Crippen molar-refractivity contribution in [3.63, 3.8) is 0 Å². The average molecular weight is 373 g/mol. The number of amides is 3. The fraction of sp³-hybridized carbons (Fsp3) is 0.550. The molecule has 3 rings (SSSR count).